The van der Waals surface area contributed by atoms with Crippen LogP contribution in [0.15, 0.2) is 60.7 Å². The molecule has 2 aliphatic heterocycles. The van der Waals surface area contributed by atoms with Crippen molar-refractivity contribution in [1.29, 1.82) is 0 Å². The van der Waals surface area contributed by atoms with E-state index in [1.165, 1.54) is 11.3 Å². The van der Waals surface area contributed by atoms with Gasteiger partial charge in [-0.05, 0) is 31.5 Å². The van der Waals surface area contributed by atoms with E-state index in [0.717, 1.165) is 40.3 Å². The summed E-state index contributed by atoms with van der Waals surface area (Å²) >= 11 is 1.33. The summed E-state index contributed by atoms with van der Waals surface area (Å²) in [7, 11) is 0. The molecule has 0 radical (unpaired) electrons. The van der Waals surface area contributed by atoms with Crippen LogP contribution in [0.5, 0.6) is 0 Å². The third kappa shape index (κ3) is 4.60. The average molecular weight is 528 g/mol. The van der Waals surface area contributed by atoms with Gasteiger partial charge in [-0.2, -0.15) is 0 Å². The number of ketones is 1. The minimum atomic E-state index is -0.352. The van der Waals surface area contributed by atoms with Crippen molar-refractivity contribution in [2.75, 3.05) is 36.5 Å². The predicted octanol–water partition coefficient (Wildman–Crippen LogP) is 5.47. The maximum absolute atomic E-state index is 13.8. The highest BCUT2D eigenvalue weighted by molar-refractivity contribution is 7.21. The number of benzene rings is 2. The van der Waals surface area contributed by atoms with E-state index in [4.69, 9.17) is 14.5 Å². The normalized spacial score (nSPS) is 16.7. The Morgan fingerprint density at radius 1 is 0.947 bits per heavy atom. The van der Waals surface area contributed by atoms with Gasteiger partial charge in [0.1, 0.15) is 15.5 Å². The number of hydrogen-bond acceptors (Lipinski definition) is 7. The van der Waals surface area contributed by atoms with Crippen LogP contribution in [0.3, 0.4) is 0 Å². The van der Waals surface area contributed by atoms with Gasteiger partial charge in [-0.15, -0.1) is 11.3 Å². The summed E-state index contributed by atoms with van der Waals surface area (Å²) in [6, 6.07) is 18.2. The number of fused-ring (bicyclic) bond motifs is 3. The van der Waals surface area contributed by atoms with Gasteiger partial charge >= 0.3 is 0 Å². The summed E-state index contributed by atoms with van der Waals surface area (Å²) in [6.07, 6.45) is 0.682. The summed E-state index contributed by atoms with van der Waals surface area (Å²) in [5, 5.41) is 3.88. The number of pyridine rings is 1. The molecule has 7 nitrogen and oxygen atoms in total. The van der Waals surface area contributed by atoms with Gasteiger partial charge in [-0.1, -0.05) is 48.5 Å². The van der Waals surface area contributed by atoms with Crippen molar-refractivity contribution in [3.63, 3.8) is 0 Å². The van der Waals surface area contributed by atoms with Crippen LogP contribution in [0.1, 0.15) is 50.6 Å². The predicted molar refractivity (Wildman–Crippen MR) is 149 cm³/mol. The quantitative estimate of drug-likeness (QED) is 0.347. The Balaban J connectivity index is 1.57. The zero-order valence-corrected chi connectivity index (χ0v) is 22.3. The molecule has 2 aromatic carbocycles. The van der Waals surface area contributed by atoms with Gasteiger partial charge in [0, 0.05) is 41.6 Å². The second-order valence-electron chi connectivity index (χ2n) is 10.2. The number of thiophene rings is 1. The van der Waals surface area contributed by atoms with E-state index >= 15 is 0 Å². The molecule has 0 saturated carbocycles. The molecule has 4 aromatic rings. The fraction of sp³-hybridized carbons (Fsp3) is 0.300. The molecule has 38 heavy (non-hydrogen) atoms. The lowest BCUT2D eigenvalue weighted by Gasteiger charge is -2.36. The zero-order chi connectivity index (χ0) is 26.3. The smallest absolute Gasteiger partial charge is 0.255 e. The molecular weight excluding hydrogens is 498 g/mol. The number of aromatic nitrogens is 1. The van der Waals surface area contributed by atoms with Crippen LogP contribution in [-0.2, 0) is 22.5 Å². The Morgan fingerprint density at radius 2 is 1.61 bits per heavy atom. The molecule has 1 fully saturated rings. The molecule has 0 bridgehead atoms. The molecular formula is C30H29N3O4S. The van der Waals surface area contributed by atoms with Gasteiger partial charge in [0.2, 0.25) is 5.78 Å². The second-order valence-corrected chi connectivity index (χ2v) is 11.2. The molecule has 1 saturated heterocycles. The lowest BCUT2D eigenvalue weighted by molar-refractivity contribution is -0.0393. The SMILES string of the molecule is CC1(C)Cc2c(N3CCOCC3)nc3sc(C(=O)c4ccccc4)c(NC(=O)c4ccccc4)c3c2CO1. The number of carbonyl (C=O) groups is 2. The van der Waals surface area contributed by atoms with E-state index in [1.807, 2.05) is 36.4 Å². The second kappa shape index (κ2) is 9.94. The van der Waals surface area contributed by atoms with Crippen molar-refractivity contribution >= 4 is 44.7 Å². The molecule has 0 spiro atoms. The highest BCUT2D eigenvalue weighted by Gasteiger charge is 2.35. The maximum Gasteiger partial charge on any atom is 0.255 e. The maximum atomic E-state index is 13.8. The molecule has 194 valence electrons. The summed E-state index contributed by atoms with van der Waals surface area (Å²) in [4.78, 5) is 35.7. The lowest BCUT2D eigenvalue weighted by Crippen LogP contribution is -2.39. The highest BCUT2D eigenvalue weighted by Crippen LogP contribution is 2.45. The van der Waals surface area contributed by atoms with Crippen molar-refractivity contribution in [2.24, 2.45) is 0 Å². The van der Waals surface area contributed by atoms with Gasteiger partial charge in [0.05, 0.1) is 31.1 Å². The number of rotatable bonds is 5. The minimum absolute atomic E-state index is 0.143. The standard InChI is InChI=1S/C30H29N3O4S/c1-30(2)17-21-22(18-37-30)23-24(31-28(35)20-11-7-4-8-12-20)26(25(34)19-9-5-3-6-10-19)38-29(23)32-27(21)33-13-15-36-16-14-33/h3-12H,13-18H2,1-2H3,(H,31,35). The van der Waals surface area contributed by atoms with Gasteiger partial charge in [0.25, 0.3) is 5.91 Å². The van der Waals surface area contributed by atoms with Gasteiger partial charge in [0.15, 0.2) is 0 Å². The Kier molecular flexibility index (Phi) is 6.47. The van der Waals surface area contributed by atoms with Crippen LogP contribution < -0.4 is 10.2 Å². The van der Waals surface area contributed by atoms with Gasteiger partial charge in [-0.25, -0.2) is 4.98 Å². The molecule has 8 heteroatoms. The van der Waals surface area contributed by atoms with Crippen molar-refractivity contribution < 1.29 is 19.1 Å². The number of ether oxygens (including phenoxy) is 2. The molecule has 0 aliphatic carbocycles. The van der Waals surface area contributed by atoms with E-state index in [0.29, 0.717) is 47.9 Å². The molecule has 2 aromatic heterocycles. The molecule has 1 N–H and O–H groups in total. The first-order valence-corrected chi connectivity index (χ1v) is 13.6. The number of anilines is 2. The van der Waals surface area contributed by atoms with Crippen molar-refractivity contribution in [2.45, 2.75) is 32.5 Å². The summed E-state index contributed by atoms with van der Waals surface area (Å²) in [5.74, 6) is 0.513. The van der Waals surface area contributed by atoms with Crippen LogP contribution in [-0.4, -0.2) is 48.6 Å². The number of hydrogen-bond donors (Lipinski definition) is 1. The van der Waals surface area contributed by atoms with Crippen LogP contribution in [0.25, 0.3) is 10.2 Å². The first-order chi connectivity index (χ1) is 18.4. The summed E-state index contributed by atoms with van der Waals surface area (Å²) in [6.45, 7) is 7.35. The molecule has 2 aliphatic rings. The van der Waals surface area contributed by atoms with E-state index in [-0.39, 0.29) is 17.3 Å². The molecule has 0 atom stereocenters. The topological polar surface area (TPSA) is 80.8 Å². The van der Waals surface area contributed by atoms with E-state index in [9.17, 15) is 9.59 Å². The Morgan fingerprint density at radius 3 is 2.29 bits per heavy atom. The molecule has 6 rings (SSSR count). The Hall–Kier alpha value is -3.59. The number of nitrogens with zero attached hydrogens (tertiary/aromatic N) is 2. The first kappa shape index (κ1) is 24.7. The van der Waals surface area contributed by atoms with Crippen LogP contribution in [0.2, 0.25) is 0 Å². The van der Waals surface area contributed by atoms with Crippen molar-refractivity contribution in [3.05, 3.63) is 87.8 Å². The summed E-state index contributed by atoms with van der Waals surface area (Å²) in [5.41, 5.74) is 3.34. The molecule has 1 amide bonds. The van der Waals surface area contributed by atoms with Crippen LogP contribution in [0.4, 0.5) is 11.5 Å². The third-order valence-corrected chi connectivity index (χ3v) is 8.15. The molecule has 0 unspecified atom stereocenters. The van der Waals surface area contributed by atoms with Gasteiger partial charge < -0.3 is 19.7 Å². The average Bonchev–Trinajstić information content (AvgIpc) is 3.31. The largest absolute Gasteiger partial charge is 0.378 e. The van der Waals surface area contributed by atoms with Crippen LogP contribution >= 0.6 is 11.3 Å². The highest BCUT2D eigenvalue weighted by atomic mass is 32.1. The number of morpholine rings is 1. The third-order valence-electron chi connectivity index (χ3n) is 7.07. The number of nitrogens with one attached hydrogen (secondary N) is 1. The minimum Gasteiger partial charge on any atom is -0.378 e. The van der Waals surface area contributed by atoms with Crippen LogP contribution in [0, 0.1) is 0 Å². The monoisotopic (exact) mass is 527 g/mol. The Bertz CT molecular complexity index is 1510. The van der Waals surface area contributed by atoms with E-state index < -0.39 is 0 Å². The fourth-order valence-corrected chi connectivity index (χ4v) is 6.25. The Labute approximate surface area is 225 Å². The van der Waals surface area contributed by atoms with E-state index in [1.54, 1.807) is 24.3 Å². The number of carbonyl (C=O) groups excluding carboxylic acids is 2. The zero-order valence-electron chi connectivity index (χ0n) is 21.5. The fourth-order valence-electron chi connectivity index (χ4n) is 5.13. The van der Waals surface area contributed by atoms with Gasteiger partial charge in [-0.3, -0.25) is 9.59 Å². The van der Waals surface area contributed by atoms with Crippen molar-refractivity contribution in [1.82, 2.24) is 4.98 Å². The first-order valence-electron chi connectivity index (χ1n) is 12.8. The molecule has 4 heterocycles. The van der Waals surface area contributed by atoms with E-state index in [2.05, 4.69) is 24.1 Å². The summed E-state index contributed by atoms with van der Waals surface area (Å²) < 4.78 is 11.9. The lowest BCUT2D eigenvalue weighted by atomic mass is 9.90. The van der Waals surface area contributed by atoms with Crippen molar-refractivity contribution in [3.8, 4) is 0 Å². The number of amides is 1.